The quantitative estimate of drug-likeness (QED) is 0.602. The molecule has 0 radical (unpaired) electrons. The number of aromatic amines is 2. The van der Waals surface area contributed by atoms with Gasteiger partial charge in [-0.05, 0) is 11.6 Å². The lowest BCUT2D eigenvalue weighted by atomic mass is 10.0. The molecule has 0 fully saturated rings. The predicted octanol–water partition coefficient (Wildman–Crippen LogP) is 2.19. The third-order valence-corrected chi connectivity index (χ3v) is 2.77. The van der Waals surface area contributed by atoms with Crippen LogP contribution in [0.2, 0.25) is 5.15 Å². The van der Waals surface area contributed by atoms with Crippen molar-refractivity contribution >= 4 is 28.3 Å². The highest BCUT2D eigenvalue weighted by Gasteiger charge is 2.12. The second-order valence-corrected chi connectivity index (χ2v) is 3.81. The minimum Gasteiger partial charge on any atom is -0.384 e. The van der Waals surface area contributed by atoms with E-state index < -0.39 is 0 Å². The third-order valence-electron chi connectivity index (χ3n) is 2.50. The van der Waals surface area contributed by atoms with Crippen LogP contribution in [-0.4, -0.2) is 20.4 Å². The molecule has 0 amide bonds. The Kier molecular flexibility index (Phi) is 1.87. The van der Waals surface area contributed by atoms with Crippen LogP contribution in [0.3, 0.4) is 0 Å². The molecule has 1 aromatic carbocycles. The molecule has 16 heavy (non-hydrogen) atoms. The molecule has 2 aromatic heterocycles. The minimum absolute atomic E-state index is 0.506. The third kappa shape index (κ3) is 1.18. The molecule has 0 unspecified atom stereocenters. The van der Waals surface area contributed by atoms with Crippen molar-refractivity contribution in [3.05, 3.63) is 29.5 Å². The van der Waals surface area contributed by atoms with Crippen LogP contribution >= 0.6 is 11.6 Å². The lowest BCUT2D eigenvalue weighted by Crippen LogP contribution is -1.88. The van der Waals surface area contributed by atoms with Gasteiger partial charge < -0.3 is 5.73 Å². The van der Waals surface area contributed by atoms with Crippen LogP contribution in [0.5, 0.6) is 0 Å². The fourth-order valence-corrected chi connectivity index (χ4v) is 2.01. The predicted molar refractivity (Wildman–Crippen MR) is 63.1 cm³/mol. The Morgan fingerprint density at radius 3 is 2.81 bits per heavy atom. The van der Waals surface area contributed by atoms with Crippen LogP contribution in [0.15, 0.2) is 24.4 Å². The van der Waals surface area contributed by atoms with E-state index in [9.17, 15) is 0 Å². The molecule has 0 aliphatic rings. The van der Waals surface area contributed by atoms with Gasteiger partial charge in [0.25, 0.3) is 0 Å². The molecule has 5 nitrogen and oxygen atoms in total. The van der Waals surface area contributed by atoms with Gasteiger partial charge in [-0.2, -0.15) is 10.2 Å². The topological polar surface area (TPSA) is 83.4 Å². The van der Waals surface area contributed by atoms with E-state index in [4.69, 9.17) is 17.3 Å². The number of H-pyrrole nitrogens is 2. The van der Waals surface area contributed by atoms with Crippen molar-refractivity contribution in [3.63, 3.8) is 0 Å². The SMILES string of the molecule is Nc1[nH]ncc1-c1cccc2n[nH]c(Cl)c12. The summed E-state index contributed by atoms with van der Waals surface area (Å²) in [6.45, 7) is 0. The zero-order valence-corrected chi connectivity index (χ0v) is 8.92. The van der Waals surface area contributed by atoms with Gasteiger partial charge in [0.2, 0.25) is 0 Å². The molecule has 6 heteroatoms. The first-order valence-corrected chi connectivity index (χ1v) is 5.07. The Hall–Kier alpha value is -2.01. The second-order valence-electron chi connectivity index (χ2n) is 3.43. The molecule has 80 valence electrons. The molecular formula is C10H8ClN5. The number of aromatic nitrogens is 4. The number of hydrogen-bond acceptors (Lipinski definition) is 3. The maximum Gasteiger partial charge on any atom is 0.132 e. The molecule has 0 aliphatic carbocycles. The first-order valence-electron chi connectivity index (χ1n) is 4.69. The van der Waals surface area contributed by atoms with Crippen LogP contribution in [0.1, 0.15) is 0 Å². The average Bonchev–Trinajstić information content (AvgIpc) is 2.86. The molecule has 0 spiro atoms. The molecule has 0 saturated heterocycles. The van der Waals surface area contributed by atoms with E-state index in [0.29, 0.717) is 11.0 Å². The van der Waals surface area contributed by atoms with Crippen LogP contribution in [0.25, 0.3) is 22.0 Å². The summed E-state index contributed by atoms with van der Waals surface area (Å²) in [6.07, 6.45) is 1.67. The normalized spacial score (nSPS) is 11.1. The maximum atomic E-state index is 6.06. The Balaban J connectivity index is 2.39. The number of rotatable bonds is 1. The standard InChI is InChI=1S/C10H8ClN5/c11-9-8-5(6-4-13-16-10(6)12)2-1-3-7(8)14-15-9/h1-4H,(H,14,15)(H3,12,13,16). The molecule has 0 saturated carbocycles. The summed E-state index contributed by atoms with van der Waals surface area (Å²) in [5, 5.41) is 14.8. The number of nitrogens with two attached hydrogens (primary N) is 1. The Morgan fingerprint density at radius 1 is 1.19 bits per heavy atom. The van der Waals surface area contributed by atoms with E-state index in [1.807, 2.05) is 18.2 Å². The zero-order chi connectivity index (χ0) is 11.1. The van der Waals surface area contributed by atoms with Crippen molar-refractivity contribution in [2.24, 2.45) is 0 Å². The van der Waals surface area contributed by atoms with Crippen molar-refractivity contribution < 1.29 is 0 Å². The highest BCUT2D eigenvalue weighted by molar-refractivity contribution is 6.35. The fourth-order valence-electron chi connectivity index (χ4n) is 1.76. The van der Waals surface area contributed by atoms with E-state index in [-0.39, 0.29) is 0 Å². The lowest BCUT2D eigenvalue weighted by molar-refractivity contribution is 1.10. The first-order chi connectivity index (χ1) is 7.77. The second kappa shape index (κ2) is 3.24. The Bertz CT molecular complexity index is 654. The van der Waals surface area contributed by atoms with Gasteiger partial charge in [-0.3, -0.25) is 10.2 Å². The summed E-state index contributed by atoms with van der Waals surface area (Å²) < 4.78 is 0. The van der Waals surface area contributed by atoms with Gasteiger partial charge in [0.15, 0.2) is 0 Å². The highest BCUT2D eigenvalue weighted by Crippen LogP contribution is 2.33. The number of benzene rings is 1. The van der Waals surface area contributed by atoms with Crippen molar-refractivity contribution in [1.82, 2.24) is 20.4 Å². The summed E-state index contributed by atoms with van der Waals surface area (Å²) >= 11 is 6.06. The van der Waals surface area contributed by atoms with Crippen molar-refractivity contribution in [3.8, 4) is 11.1 Å². The fraction of sp³-hybridized carbons (Fsp3) is 0. The smallest absolute Gasteiger partial charge is 0.132 e. The maximum absolute atomic E-state index is 6.06. The molecule has 0 aliphatic heterocycles. The van der Waals surface area contributed by atoms with Crippen molar-refractivity contribution in [2.75, 3.05) is 5.73 Å². The van der Waals surface area contributed by atoms with E-state index in [2.05, 4.69) is 20.4 Å². The van der Waals surface area contributed by atoms with Gasteiger partial charge in [0.1, 0.15) is 11.0 Å². The molecule has 0 atom stereocenters. The molecule has 3 rings (SSSR count). The van der Waals surface area contributed by atoms with E-state index in [0.717, 1.165) is 22.0 Å². The zero-order valence-electron chi connectivity index (χ0n) is 8.16. The molecule has 2 heterocycles. The largest absolute Gasteiger partial charge is 0.384 e. The summed E-state index contributed by atoms with van der Waals surface area (Å²) in [5.41, 5.74) is 8.35. The average molecular weight is 234 g/mol. The molecule has 0 bridgehead atoms. The van der Waals surface area contributed by atoms with E-state index in [1.54, 1.807) is 6.20 Å². The van der Waals surface area contributed by atoms with Crippen molar-refractivity contribution in [1.29, 1.82) is 0 Å². The van der Waals surface area contributed by atoms with Gasteiger partial charge in [-0.25, -0.2) is 0 Å². The summed E-state index contributed by atoms with van der Waals surface area (Å²) in [6, 6.07) is 5.73. The lowest BCUT2D eigenvalue weighted by Gasteiger charge is -2.01. The number of halogens is 1. The van der Waals surface area contributed by atoms with Crippen molar-refractivity contribution in [2.45, 2.75) is 0 Å². The molecular weight excluding hydrogens is 226 g/mol. The van der Waals surface area contributed by atoms with Crippen LogP contribution in [0, 0.1) is 0 Å². The number of nitrogen functional groups attached to an aromatic ring is 1. The molecule has 3 aromatic rings. The summed E-state index contributed by atoms with van der Waals surface area (Å²) in [5.74, 6) is 0.518. The summed E-state index contributed by atoms with van der Waals surface area (Å²) in [4.78, 5) is 0. The van der Waals surface area contributed by atoms with Crippen LogP contribution < -0.4 is 5.73 Å². The number of nitrogens with one attached hydrogen (secondary N) is 2. The van der Waals surface area contributed by atoms with E-state index >= 15 is 0 Å². The van der Waals surface area contributed by atoms with Gasteiger partial charge in [0.05, 0.1) is 11.7 Å². The van der Waals surface area contributed by atoms with Crippen LogP contribution in [-0.2, 0) is 0 Å². The van der Waals surface area contributed by atoms with E-state index in [1.165, 1.54) is 0 Å². The van der Waals surface area contributed by atoms with Crippen LogP contribution in [0.4, 0.5) is 5.82 Å². The Morgan fingerprint density at radius 2 is 2.06 bits per heavy atom. The van der Waals surface area contributed by atoms with Gasteiger partial charge in [0, 0.05) is 10.9 Å². The number of hydrogen-bond donors (Lipinski definition) is 3. The number of fused-ring (bicyclic) bond motifs is 1. The monoisotopic (exact) mass is 233 g/mol. The molecule has 4 N–H and O–H groups in total. The van der Waals surface area contributed by atoms with Gasteiger partial charge >= 0.3 is 0 Å². The van der Waals surface area contributed by atoms with Gasteiger partial charge in [-0.15, -0.1) is 0 Å². The Labute approximate surface area is 95.6 Å². The van der Waals surface area contributed by atoms with Gasteiger partial charge in [-0.1, -0.05) is 23.7 Å². The minimum atomic E-state index is 0.506. The summed E-state index contributed by atoms with van der Waals surface area (Å²) in [7, 11) is 0. The number of anilines is 1. The highest BCUT2D eigenvalue weighted by atomic mass is 35.5. The first kappa shape index (κ1) is 9.23. The number of nitrogens with zero attached hydrogens (tertiary/aromatic N) is 2.